The molecule has 0 aliphatic heterocycles. The number of benzene rings is 1. The fourth-order valence-electron chi connectivity index (χ4n) is 1.93. The van der Waals surface area contributed by atoms with E-state index in [1.54, 1.807) is 37.5 Å². The molecule has 0 aliphatic rings. The normalized spacial score (nSPS) is 10.4. The van der Waals surface area contributed by atoms with Gasteiger partial charge in [-0.2, -0.15) is 0 Å². The largest absolute Gasteiger partial charge is 0.496 e. The van der Waals surface area contributed by atoms with Crippen LogP contribution in [0.3, 0.4) is 0 Å². The number of hydrogen-bond acceptors (Lipinski definition) is 4. The van der Waals surface area contributed by atoms with Crippen molar-refractivity contribution in [3.05, 3.63) is 70.7 Å². The summed E-state index contributed by atoms with van der Waals surface area (Å²) >= 11 is 0. The first-order chi connectivity index (χ1) is 11.6. The van der Waals surface area contributed by atoms with Gasteiger partial charge in [0.05, 0.1) is 7.11 Å². The molecule has 0 unspecified atom stereocenters. The van der Waals surface area contributed by atoms with E-state index in [2.05, 4.69) is 10.9 Å². The van der Waals surface area contributed by atoms with Gasteiger partial charge in [-0.3, -0.25) is 25.2 Å². The third kappa shape index (κ3) is 4.84. The number of ether oxygens (including phenoxy) is 1. The van der Waals surface area contributed by atoms with Crippen molar-refractivity contribution in [1.82, 2.24) is 15.4 Å². The van der Waals surface area contributed by atoms with Gasteiger partial charge in [0.1, 0.15) is 12.3 Å². The number of hydrogen-bond donors (Lipinski definition) is 2. The summed E-state index contributed by atoms with van der Waals surface area (Å²) in [5.74, 6) is -0.383. The highest BCUT2D eigenvalue weighted by atomic mass is 16.5. The quantitative estimate of drug-likeness (QED) is 0.625. The number of amides is 2. The molecule has 2 amide bonds. The second kappa shape index (κ2) is 8.33. The number of carbonyl (C=O) groups excluding carboxylic acids is 2. The molecular weight excluding hydrogens is 310 g/mol. The SMILES string of the molecule is COc1ccccc1/C=C/C(=O)NNC(=O)Cn1ccccc1=O. The summed E-state index contributed by atoms with van der Waals surface area (Å²) in [6.07, 6.45) is 4.33. The summed E-state index contributed by atoms with van der Waals surface area (Å²) < 4.78 is 6.40. The van der Waals surface area contributed by atoms with Crippen LogP contribution in [0.15, 0.2) is 59.5 Å². The molecule has 0 atom stereocenters. The smallest absolute Gasteiger partial charge is 0.262 e. The predicted octanol–water partition coefficient (Wildman–Crippen LogP) is 0.718. The lowest BCUT2D eigenvalue weighted by molar-refractivity contribution is -0.127. The van der Waals surface area contributed by atoms with Crippen molar-refractivity contribution in [2.24, 2.45) is 0 Å². The summed E-state index contributed by atoms with van der Waals surface area (Å²) in [5.41, 5.74) is 4.93. The number of carbonyl (C=O) groups is 2. The van der Waals surface area contributed by atoms with Crippen LogP contribution in [0.1, 0.15) is 5.56 Å². The van der Waals surface area contributed by atoms with Crippen molar-refractivity contribution >= 4 is 17.9 Å². The number of pyridine rings is 1. The van der Waals surface area contributed by atoms with Crippen LogP contribution in [0.25, 0.3) is 6.08 Å². The van der Waals surface area contributed by atoms with Crippen LogP contribution < -0.4 is 21.1 Å². The maximum atomic E-state index is 11.7. The number of aromatic nitrogens is 1. The van der Waals surface area contributed by atoms with Crippen LogP contribution in [-0.4, -0.2) is 23.5 Å². The molecule has 7 nitrogen and oxygen atoms in total. The number of rotatable bonds is 5. The van der Waals surface area contributed by atoms with Gasteiger partial charge in [0.25, 0.3) is 17.4 Å². The maximum absolute atomic E-state index is 11.7. The predicted molar refractivity (Wildman–Crippen MR) is 89.0 cm³/mol. The van der Waals surface area contributed by atoms with E-state index in [0.29, 0.717) is 5.75 Å². The average molecular weight is 327 g/mol. The Hall–Kier alpha value is -3.35. The van der Waals surface area contributed by atoms with Crippen LogP contribution in [0.2, 0.25) is 0 Å². The van der Waals surface area contributed by atoms with E-state index in [0.717, 1.165) is 5.56 Å². The van der Waals surface area contributed by atoms with E-state index < -0.39 is 11.8 Å². The van der Waals surface area contributed by atoms with Crippen molar-refractivity contribution in [3.8, 4) is 5.75 Å². The van der Waals surface area contributed by atoms with Crippen molar-refractivity contribution in [2.45, 2.75) is 6.54 Å². The van der Waals surface area contributed by atoms with Gasteiger partial charge in [0, 0.05) is 23.9 Å². The molecule has 0 aliphatic carbocycles. The van der Waals surface area contributed by atoms with Crippen LogP contribution in [0.4, 0.5) is 0 Å². The van der Waals surface area contributed by atoms with Gasteiger partial charge in [-0.1, -0.05) is 24.3 Å². The summed E-state index contributed by atoms with van der Waals surface area (Å²) in [4.78, 5) is 34.9. The van der Waals surface area contributed by atoms with Gasteiger partial charge in [0.15, 0.2) is 0 Å². The molecule has 124 valence electrons. The molecule has 0 saturated carbocycles. The monoisotopic (exact) mass is 327 g/mol. The molecule has 0 saturated heterocycles. The topological polar surface area (TPSA) is 89.4 Å². The third-order valence-electron chi connectivity index (χ3n) is 3.09. The molecule has 2 N–H and O–H groups in total. The molecule has 0 radical (unpaired) electrons. The summed E-state index contributed by atoms with van der Waals surface area (Å²) in [6.45, 7) is -0.184. The number of methoxy groups -OCH3 is 1. The van der Waals surface area contributed by atoms with Crippen molar-refractivity contribution in [1.29, 1.82) is 0 Å². The van der Waals surface area contributed by atoms with Crippen molar-refractivity contribution in [3.63, 3.8) is 0 Å². The minimum absolute atomic E-state index is 0.184. The van der Waals surface area contributed by atoms with E-state index in [1.807, 2.05) is 12.1 Å². The number of nitrogens with one attached hydrogen (secondary N) is 2. The Balaban J connectivity index is 1.87. The Bertz CT molecular complexity index is 811. The lowest BCUT2D eigenvalue weighted by Crippen LogP contribution is -2.43. The fourth-order valence-corrected chi connectivity index (χ4v) is 1.93. The second-order valence-corrected chi connectivity index (χ2v) is 4.78. The molecular formula is C17H17N3O4. The first kappa shape index (κ1) is 17.0. The van der Waals surface area contributed by atoms with E-state index >= 15 is 0 Å². The maximum Gasteiger partial charge on any atom is 0.262 e. The minimum Gasteiger partial charge on any atom is -0.496 e. The minimum atomic E-state index is -0.512. The molecule has 24 heavy (non-hydrogen) atoms. The van der Waals surface area contributed by atoms with Gasteiger partial charge in [0.2, 0.25) is 0 Å². The molecule has 1 heterocycles. The highest BCUT2D eigenvalue weighted by Crippen LogP contribution is 2.18. The second-order valence-electron chi connectivity index (χ2n) is 4.78. The first-order valence-corrected chi connectivity index (χ1v) is 7.15. The van der Waals surface area contributed by atoms with Gasteiger partial charge in [-0.15, -0.1) is 0 Å². The molecule has 1 aromatic carbocycles. The zero-order valence-electron chi connectivity index (χ0n) is 13.1. The van der Waals surface area contributed by atoms with E-state index in [4.69, 9.17) is 4.74 Å². The molecule has 2 rings (SSSR count). The molecule has 0 fully saturated rings. The highest BCUT2D eigenvalue weighted by molar-refractivity contribution is 5.93. The van der Waals surface area contributed by atoms with Gasteiger partial charge in [-0.05, 0) is 18.2 Å². The average Bonchev–Trinajstić information content (AvgIpc) is 2.60. The lowest BCUT2D eigenvalue weighted by Gasteiger charge is -2.07. The molecule has 0 bridgehead atoms. The van der Waals surface area contributed by atoms with Crippen molar-refractivity contribution in [2.75, 3.05) is 7.11 Å². The molecule has 7 heteroatoms. The van der Waals surface area contributed by atoms with Crippen molar-refractivity contribution < 1.29 is 14.3 Å². The number of para-hydroxylation sites is 1. The van der Waals surface area contributed by atoms with Crippen LogP contribution in [0.5, 0.6) is 5.75 Å². The Morgan fingerprint density at radius 1 is 1.12 bits per heavy atom. The first-order valence-electron chi connectivity index (χ1n) is 7.15. The van der Waals surface area contributed by atoms with E-state index in [9.17, 15) is 14.4 Å². The Morgan fingerprint density at radius 3 is 2.62 bits per heavy atom. The van der Waals surface area contributed by atoms with Crippen LogP contribution in [0, 0.1) is 0 Å². The van der Waals surface area contributed by atoms with Gasteiger partial charge < -0.3 is 9.30 Å². The molecule has 2 aromatic rings. The Morgan fingerprint density at radius 2 is 1.88 bits per heavy atom. The third-order valence-corrected chi connectivity index (χ3v) is 3.09. The zero-order chi connectivity index (χ0) is 17.4. The van der Waals surface area contributed by atoms with Crippen LogP contribution in [-0.2, 0) is 16.1 Å². The summed E-state index contributed by atoms with van der Waals surface area (Å²) in [7, 11) is 1.54. The van der Waals surface area contributed by atoms with Gasteiger partial charge in [-0.25, -0.2) is 0 Å². The highest BCUT2D eigenvalue weighted by Gasteiger charge is 2.05. The van der Waals surface area contributed by atoms with E-state index in [1.165, 1.54) is 22.9 Å². The molecule has 1 aromatic heterocycles. The number of nitrogens with zero attached hydrogens (tertiary/aromatic N) is 1. The summed E-state index contributed by atoms with van der Waals surface area (Å²) in [6, 6.07) is 11.8. The zero-order valence-corrected chi connectivity index (χ0v) is 13.1. The summed E-state index contributed by atoms with van der Waals surface area (Å²) in [5, 5.41) is 0. The van der Waals surface area contributed by atoms with E-state index in [-0.39, 0.29) is 12.1 Å². The molecule has 0 spiro atoms. The number of hydrazine groups is 1. The van der Waals surface area contributed by atoms with Crippen LogP contribution >= 0.6 is 0 Å². The fraction of sp³-hybridized carbons (Fsp3) is 0.118. The van der Waals surface area contributed by atoms with Gasteiger partial charge >= 0.3 is 0 Å². The Labute approximate surface area is 138 Å². The Kier molecular flexibility index (Phi) is 5.90. The lowest BCUT2D eigenvalue weighted by atomic mass is 10.2. The standard InChI is InChI=1S/C17H17N3O4/c1-24-14-7-3-2-6-13(14)9-10-15(21)18-19-16(22)12-20-11-5-4-8-17(20)23/h2-11H,12H2,1H3,(H,18,21)(H,19,22)/b10-9+.